The number of hydrogen-bond donors (Lipinski definition) is 3. The third-order valence-corrected chi connectivity index (χ3v) is 5.73. The predicted molar refractivity (Wildman–Crippen MR) is 103 cm³/mol. The standard InChI is InChI=1S/C20H29FN4O2/c21-16-8-2-4-10-18(16)24-20(27)25-11-5-7-15(13-25)19(26)23-17-9-3-1-6-14(17)12-22/h2,4,8,10,14-15,17H,1,3,5-7,9,11-13,22H2,(H,23,26)(H,24,27). The number of piperidine rings is 1. The van der Waals surface area contributed by atoms with Crippen molar-refractivity contribution in [3.8, 4) is 0 Å². The van der Waals surface area contributed by atoms with Gasteiger partial charge in [-0.1, -0.05) is 25.0 Å². The molecule has 1 saturated heterocycles. The van der Waals surface area contributed by atoms with Crippen molar-refractivity contribution in [2.45, 2.75) is 44.6 Å². The Bertz CT molecular complexity index is 669. The molecule has 0 spiro atoms. The highest BCUT2D eigenvalue weighted by molar-refractivity contribution is 5.90. The molecule has 0 aromatic heterocycles. The summed E-state index contributed by atoms with van der Waals surface area (Å²) in [4.78, 5) is 26.8. The maximum absolute atomic E-state index is 13.7. The van der Waals surface area contributed by atoms with Crippen LogP contribution in [0.25, 0.3) is 0 Å². The van der Waals surface area contributed by atoms with Crippen molar-refractivity contribution in [2.75, 3.05) is 25.0 Å². The topological polar surface area (TPSA) is 87.5 Å². The summed E-state index contributed by atoms with van der Waals surface area (Å²) >= 11 is 0. The van der Waals surface area contributed by atoms with E-state index in [1.54, 1.807) is 17.0 Å². The molecular formula is C20H29FN4O2. The zero-order valence-corrected chi connectivity index (χ0v) is 15.6. The van der Waals surface area contributed by atoms with Crippen molar-refractivity contribution < 1.29 is 14.0 Å². The maximum atomic E-state index is 13.7. The molecule has 1 aliphatic carbocycles. The minimum Gasteiger partial charge on any atom is -0.353 e. The van der Waals surface area contributed by atoms with Crippen LogP contribution in [0, 0.1) is 17.7 Å². The monoisotopic (exact) mass is 376 g/mol. The lowest BCUT2D eigenvalue weighted by Gasteiger charge is -2.35. The largest absolute Gasteiger partial charge is 0.353 e. The fourth-order valence-corrected chi connectivity index (χ4v) is 4.11. The average molecular weight is 376 g/mol. The Balaban J connectivity index is 1.56. The van der Waals surface area contributed by atoms with E-state index >= 15 is 0 Å². The number of nitrogens with zero attached hydrogens (tertiary/aromatic N) is 1. The van der Waals surface area contributed by atoms with Crippen LogP contribution in [0.4, 0.5) is 14.9 Å². The second kappa shape index (κ2) is 9.17. The van der Waals surface area contributed by atoms with Crippen molar-refractivity contribution in [3.05, 3.63) is 30.1 Å². The lowest BCUT2D eigenvalue weighted by atomic mass is 9.84. The summed E-state index contributed by atoms with van der Waals surface area (Å²) in [6.45, 7) is 1.51. The molecule has 3 amide bonds. The molecule has 2 fully saturated rings. The van der Waals surface area contributed by atoms with Gasteiger partial charge in [-0.15, -0.1) is 0 Å². The number of nitrogens with one attached hydrogen (secondary N) is 2. The third-order valence-electron chi connectivity index (χ3n) is 5.73. The van der Waals surface area contributed by atoms with E-state index in [1.807, 2.05) is 0 Å². The van der Waals surface area contributed by atoms with Crippen molar-refractivity contribution in [1.82, 2.24) is 10.2 Å². The fourth-order valence-electron chi connectivity index (χ4n) is 4.11. The first-order valence-electron chi connectivity index (χ1n) is 9.89. The Labute approximate surface area is 159 Å². The van der Waals surface area contributed by atoms with E-state index in [4.69, 9.17) is 5.73 Å². The van der Waals surface area contributed by atoms with Gasteiger partial charge in [-0.25, -0.2) is 9.18 Å². The zero-order valence-electron chi connectivity index (χ0n) is 15.6. The van der Waals surface area contributed by atoms with Crippen molar-refractivity contribution in [2.24, 2.45) is 17.6 Å². The molecule has 3 unspecified atom stereocenters. The highest BCUT2D eigenvalue weighted by Crippen LogP contribution is 2.25. The van der Waals surface area contributed by atoms with Gasteiger partial charge in [0.25, 0.3) is 0 Å². The second-order valence-corrected chi connectivity index (χ2v) is 7.59. The van der Waals surface area contributed by atoms with Crippen LogP contribution in [0.15, 0.2) is 24.3 Å². The molecule has 3 atom stereocenters. The van der Waals surface area contributed by atoms with E-state index in [1.165, 1.54) is 18.6 Å². The first kappa shape index (κ1) is 19.6. The summed E-state index contributed by atoms with van der Waals surface area (Å²) in [6, 6.07) is 5.85. The molecule has 7 heteroatoms. The minimum absolute atomic E-state index is 0.00346. The summed E-state index contributed by atoms with van der Waals surface area (Å²) in [5.41, 5.74) is 6.01. The number of carbonyl (C=O) groups is 2. The molecule has 1 saturated carbocycles. The van der Waals surface area contributed by atoms with Crippen LogP contribution < -0.4 is 16.4 Å². The smallest absolute Gasteiger partial charge is 0.321 e. The number of anilines is 1. The molecule has 3 rings (SSSR count). The van der Waals surface area contributed by atoms with E-state index < -0.39 is 5.82 Å². The van der Waals surface area contributed by atoms with Crippen molar-refractivity contribution >= 4 is 17.6 Å². The Morgan fingerprint density at radius 1 is 1.15 bits per heavy atom. The number of urea groups is 1. The Kier molecular flexibility index (Phi) is 6.66. The second-order valence-electron chi connectivity index (χ2n) is 7.59. The number of benzene rings is 1. The van der Waals surface area contributed by atoms with E-state index in [0.717, 1.165) is 32.1 Å². The van der Waals surface area contributed by atoms with Gasteiger partial charge in [0.2, 0.25) is 5.91 Å². The Hall–Kier alpha value is -2.15. The van der Waals surface area contributed by atoms with E-state index in [9.17, 15) is 14.0 Å². The first-order chi connectivity index (χ1) is 13.1. The van der Waals surface area contributed by atoms with Gasteiger partial charge in [0, 0.05) is 19.1 Å². The highest BCUT2D eigenvalue weighted by atomic mass is 19.1. The molecule has 2 aliphatic rings. The molecule has 0 radical (unpaired) electrons. The molecule has 1 aromatic carbocycles. The lowest BCUT2D eigenvalue weighted by molar-refractivity contribution is -0.127. The van der Waals surface area contributed by atoms with Gasteiger partial charge in [-0.05, 0) is 50.3 Å². The number of rotatable bonds is 4. The SMILES string of the molecule is NCC1CCCCC1NC(=O)C1CCCN(C(=O)Nc2ccccc2F)C1. The number of halogens is 1. The van der Waals surface area contributed by atoms with E-state index in [0.29, 0.717) is 25.6 Å². The number of hydrogen-bond acceptors (Lipinski definition) is 3. The number of likely N-dealkylation sites (tertiary alicyclic amines) is 1. The Morgan fingerprint density at radius 2 is 1.93 bits per heavy atom. The third kappa shape index (κ3) is 4.97. The molecule has 4 N–H and O–H groups in total. The lowest BCUT2D eigenvalue weighted by Crippen LogP contribution is -2.51. The van der Waals surface area contributed by atoms with Gasteiger partial charge < -0.3 is 21.3 Å². The molecule has 1 aromatic rings. The first-order valence-corrected chi connectivity index (χ1v) is 9.89. The van der Waals surface area contributed by atoms with Crippen LogP contribution >= 0.6 is 0 Å². The van der Waals surface area contributed by atoms with Crippen LogP contribution in [-0.2, 0) is 4.79 Å². The zero-order chi connectivity index (χ0) is 19.2. The number of nitrogens with two attached hydrogens (primary N) is 1. The average Bonchev–Trinajstić information content (AvgIpc) is 2.70. The van der Waals surface area contributed by atoms with Gasteiger partial charge in [0.15, 0.2) is 0 Å². The molecule has 1 aliphatic heterocycles. The van der Waals surface area contributed by atoms with E-state index in [-0.39, 0.29) is 29.6 Å². The Morgan fingerprint density at radius 3 is 2.70 bits per heavy atom. The number of carbonyl (C=O) groups excluding carboxylic acids is 2. The number of para-hydroxylation sites is 1. The van der Waals surface area contributed by atoms with Gasteiger partial charge in [-0.3, -0.25) is 4.79 Å². The summed E-state index contributed by atoms with van der Waals surface area (Å²) in [7, 11) is 0. The molecule has 6 nitrogen and oxygen atoms in total. The summed E-state index contributed by atoms with van der Waals surface area (Å²) in [5.74, 6) is -0.358. The van der Waals surface area contributed by atoms with Gasteiger partial charge in [0.1, 0.15) is 5.82 Å². The van der Waals surface area contributed by atoms with Crippen LogP contribution in [-0.4, -0.2) is 42.5 Å². The highest BCUT2D eigenvalue weighted by Gasteiger charge is 2.32. The van der Waals surface area contributed by atoms with Crippen LogP contribution in [0.2, 0.25) is 0 Å². The van der Waals surface area contributed by atoms with Crippen LogP contribution in [0.1, 0.15) is 38.5 Å². The summed E-state index contributed by atoms with van der Waals surface area (Å²) in [5, 5.41) is 5.77. The summed E-state index contributed by atoms with van der Waals surface area (Å²) in [6.07, 6.45) is 5.83. The van der Waals surface area contributed by atoms with Crippen molar-refractivity contribution in [1.29, 1.82) is 0 Å². The minimum atomic E-state index is -0.470. The van der Waals surface area contributed by atoms with Crippen molar-refractivity contribution in [3.63, 3.8) is 0 Å². The quantitative estimate of drug-likeness (QED) is 0.755. The summed E-state index contributed by atoms with van der Waals surface area (Å²) < 4.78 is 13.7. The normalized spacial score (nSPS) is 25.7. The predicted octanol–water partition coefficient (Wildman–Crippen LogP) is 2.70. The van der Waals surface area contributed by atoms with Crippen LogP contribution in [0.5, 0.6) is 0 Å². The van der Waals surface area contributed by atoms with Gasteiger partial charge >= 0.3 is 6.03 Å². The maximum Gasteiger partial charge on any atom is 0.321 e. The molecular weight excluding hydrogens is 347 g/mol. The molecule has 0 bridgehead atoms. The van der Waals surface area contributed by atoms with E-state index in [2.05, 4.69) is 10.6 Å². The molecule has 27 heavy (non-hydrogen) atoms. The number of amides is 3. The van der Waals surface area contributed by atoms with Crippen LogP contribution in [0.3, 0.4) is 0 Å². The molecule has 148 valence electrons. The van der Waals surface area contributed by atoms with Gasteiger partial charge in [0.05, 0.1) is 11.6 Å². The molecule has 1 heterocycles. The fraction of sp³-hybridized carbons (Fsp3) is 0.600. The van der Waals surface area contributed by atoms with Gasteiger partial charge in [-0.2, -0.15) is 0 Å².